The van der Waals surface area contributed by atoms with Crippen LogP contribution in [0.1, 0.15) is 56.3 Å². The van der Waals surface area contributed by atoms with E-state index in [1.165, 1.54) is 5.57 Å². The Morgan fingerprint density at radius 2 is 1.91 bits per heavy atom. The Bertz CT molecular complexity index is 903. The topological polar surface area (TPSA) is 66.8 Å². The van der Waals surface area contributed by atoms with Crippen molar-refractivity contribution in [2.24, 2.45) is 29.1 Å². The first kappa shape index (κ1) is 21.8. The van der Waals surface area contributed by atoms with E-state index in [0.717, 1.165) is 50.8 Å². The summed E-state index contributed by atoms with van der Waals surface area (Å²) < 4.78 is 5.82. The molecule has 1 aromatic carbocycles. The molecule has 172 valence electrons. The third kappa shape index (κ3) is 3.54. The average Bonchev–Trinajstić information content (AvgIpc) is 3.11. The van der Waals surface area contributed by atoms with Gasteiger partial charge in [0, 0.05) is 35.8 Å². The number of aliphatic hydroxyl groups excluding tert-OH is 1. The fourth-order valence-electron chi connectivity index (χ4n) is 6.77. The van der Waals surface area contributed by atoms with Crippen LogP contribution in [0.4, 0.5) is 0 Å². The largest absolute Gasteiger partial charge is 0.461 e. The van der Waals surface area contributed by atoms with Gasteiger partial charge < -0.3 is 14.7 Å². The molecule has 0 amide bonds. The van der Waals surface area contributed by atoms with Crippen LogP contribution in [0.2, 0.25) is 0 Å². The molecule has 3 fully saturated rings. The van der Waals surface area contributed by atoms with Gasteiger partial charge in [-0.1, -0.05) is 55.8 Å². The molecule has 2 heterocycles. The summed E-state index contributed by atoms with van der Waals surface area (Å²) in [6, 6.07) is 9.54. The first-order chi connectivity index (χ1) is 15.4. The molecule has 0 aromatic heterocycles. The zero-order valence-electron chi connectivity index (χ0n) is 19.2. The van der Waals surface area contributed by atoms with Gasteiger partial charge in [0.25, 0.3) is 0 Å². The maximum atomic E-state index is 12.9. The van der Waals surface area contributed by atoms with Crippen LogP contribution in [0.25, 0.3) is 0 Å². The van der Waals surface area contributed by atoms with Crippen molar-refractivity contribution in [1.82, 2.24) is 4.90 Å². The second-order valence-corrected chi connectivity index (χ2v) is 10.6. The highest BCUT2D eigenvalue weighted by Crippen LogP contribution is 2.56. The molecule has 32 heavy (non-hydrogen) atoms. The van der Waals surface area contributed by atoms with Crippen molar-refractivity contribution < 1.29 is 19.4 Å². The normalized spacial score (nSPS) is 37.9. The Morgan fingerprint density at radius 1 is 1.19 bits per heavy atom. The first-order valence-electron chi connectivity index (χ1n) is 12.3. The predicted molar refractivity (Wildman–Crippen MR) is 122 cm³/mol. The van der Waals surface area contributed by atoms with Gasteiger partial charge in [-0.2, -0.15) is 0 Å². The van der Waals surface area contributed by atoms with E-state index in [4.69, 9.17) is 4.74 Å². The molecule has 5 nitrogen and oxygen atoms in total. The summed E-state index contributed by atoms with van der Waals surface area (Å²) in [6.45, 7) is 6.65. The molecule has 2 aliphatic heterocycles. The third-order valence-corrected chi connectivity index (χ3v) is 9.04. The smallest absolute Gasteiger partial charge is 0.311 e. The van der Waals surface area contributed by atoms with Crippen molar-refractivity contribution in [3.05, 3.63) is 47.5 Å². The van der Waals surface area contributed by atoms with Gasteiger partial charge in [-0.25, -0.2) is 0 Å². The Labute approximate surface area is 190 Å². The summed E-state index contributed by atoms with van der Waals surface area (Å²) >= 11 is 0. The minimum atomic E-state index is -0.559. The molecule has 6 atom stereocenters. The Hall–Kier alpha value is -1.98. The summed E-state index contributed by atoms with van der Waals surface area (Å²) in [5.41, 5.74) is 1.80. The molecule has 0 bridgehead atoms. The van der Waals surface area contributed by atoms with E-state index in [9.17, 15) is 14.7 Å². The number of ether oxygens (including phenoxy) is 1. The van der Waals surface area contributed by atoms with Crippen molar-refractivity contribution in [2.75, 3.05) is 19.6 Å². The number of benzene rings is 1. The Balaban J connectivity index is 1.25. The lowest BCUT2D eigenvalue weighted by atomic mass is 9.55. The lowest BCUT2D eigenvalue weighted by Gasteiger charge is -2.52. The van der Waals surface area contributed by atoms with Gasteiger partial charge in [-0.05, 0) is 44.7 Å². The van der Waals surface area contributed by atoms with Crippen LogP contribution in [0.3, 0.4) is 0 Å². The number of piperidine rings is 1. The summed E-state index contributed by atoms with van der Waals surface area (Å²) in [5, 5.41) is 11.5. The quantitative estimate of drug-likeness (QED) is 0.440. The second-order valence-electron chi connectivity index (χ2n) is 10.6. The number of fused-ring (bicyclic) bond motifs is 2. The van der Waals surface area contributed by atoms with E-state index in [1.807, 2.05) is 30.3 Å². The van der Waals surface area contributed by atoms with Gasteiger partial charge in [-0.3, -0.25) is 9.59 Å². The number of esters is 1. The zero-order valence-corrected chi connectivity index (χ0v) is 19.2. The molecule has 5 heteroatoms. The van der Waals surface area contributed by atoms with E-state index < -0.39 is 6.10 Å². The van der Waals surface area contributed by atoms with Crippen LogP contribution < -0.4 is 0 Å². The van der Waals surface area contributed by atoms with Crippen molar-refractivity contribution >= 4 is 11.8 Å². The van der Waals surface area contributed by atoms with E-state index in [0.29, 0.717) is 12.5 Å². The number of aliphatic hydroxyl groups is 1. The van der Waals surface area contributed by atoms with E-state index in [-0.39, 0.29) is 41.0 Å². The number of carbonyl (C=O) groups is 2. The number of likely N-dealkylation sites (tertiary alicyclic amines) is 1. The lowest BCUT2D eigenvalue weighted by Crippen LogP contribution is -2.55. The Morgan fingerprint density at radius 3 is 2.62 bits per heavy atom. The molecule has 1 N–H and O–H groups in total. The summed E-state index contributed by atoms with van der Waals surface area (Å²) in [6.07, 6.45) is 6.02. The molecule has 1 saturated carbocycles. The average molecular weight is 438 g/mol. The SMILES string of the molecule is C[C@@H]1CCC=C2C[C@H]3OC(=O)[C@H](CN4CCC(C(=O)c5ccccc5)CC4)[C@H]3[C@@H](O)[C@@]21C. The molecule has 5 rings (SSSR count). The van der Waals surface area contributed by atoms with Gasteiger partial charge in [0.15, 0.2) is 5.78 Å². The van der Waals surface area contributed by atoms with Crippen molar-refractivity contribution in [2.45, 2.75) is 58.2 Å². The first-order valence-corrected chi connectivity index (χ1v) is 12.3. The number of hydrogen-bond acceptors (Lipinski definition) is 5. The molecule has 1 aromatic rings. The van der Waals surface area contributed by atoms with Crippen LogP contribution in [-0.2, 0) is 9.53 Å². The van der Waals surface area contributed by atoms with Crippen LogP contribution in [0.15, 0.2) is 42.0 Å². The lowest BCUT2D eigenvalue weighted by molar-refractivity contribution is -0.145. The van der Waals surface area contributed by atoms with E-state index in [2.05, 4.69) is 24.8 Å². The van der Waals surface area contributed by atoms with Crippen molar-refractivity contribution in [3.8, 4) is 0 Å². The number of allylic oxidation sites excluding steroid dienone is 1. The minimum absolute atomic E-state index is 0.0480. The van der Waals surface area contributed by atoms with Gasteiger partial charge in [0.05, 0.1) is 12.0 Å². The summed E-state index contributed by atoms with van der Waals surface area (Å²) in [4.78, 5) is 28.0. The second kappa shape index (κ2) is 8.42. The summed E-state index contributed by atoms with van der Waals surface area (Å²) in [5.74, 6) is 0.0862. The number of ketones is 1. The molecule has 2 aliphatic carbocycles. The molecule has 0 spiro atoms. The fourth-order valence-corrected chi connectivity index (χ4v) is 6.77. The van der Waals surface area contributed by atoms with Crippen molar-refractivity contribution in [1.29, 1.82) is 0 Å². The highest BCUT2D eigenvalue weighted by molar-refractivity contribution is 5.97. The molecule has 2 saturated heterocycles. The van der Waals surface area contributed by atoms with Gasteiger partial charge in [0.2, 0.25) is 0 Å². The number of carbonyl (C=O) groups excluding carboxylic acids is 2. The molecular formula is C27H35NO4. The number of rotatable bonds is 4. The number of hydrogen-bond donors (Lipinski definition) is 1. The molecule has 0 unspecified atom stereocenters. The standard InChI is InChI=1S/C27H35NO4/c1-17-7-6-10-20-15-22-23(25(30)27(17,20)2)21(26(31)32-22)16-28-13-11-19(12-14-28)24(29)18-8-4-3-5-9-18/h3-5,8-10,17,19,21-23,25,30H,6-7,11-16H2,1-2H3/t17-,21-,22-,23-,25-,27-/m1/s1. The zero-order chi connectivity index (χ0) is 22.5. The summed E-state index contributed by atoms with van der Waals surface area (Å²) in [7, 11) is 0. The van der Waals surface area contributed by atoms with Gasteiger partial charge >= 0.3 is 5.97 Å². The minimum Gasteiger partial charge on any atom is -0.461 e. The highest BCUT2D eigenvalue weighted by atomic mass is 16.6. The van der Waals surface area contributed by atoms with Crippen molar-refractivity contribution in [3.63, 3.8) is 0 Å². The number of Topliss-reactive ketones (excluding diaryl/α,β-unsaturated/α-hetero) is 1. The van der Waals surface area contributed by atoms with Crippen LogP contribution in [0, 0.1) is 29.1 Å². The third-order valence-electron chi connectivity index (χ3n) is 9.04. The fraction of sp³-hybridized carbons (Fsp3) is 0.630. The van der Waals surface area contributed by atoms with Crippen LogP contribution in [0.5, 0.6) is 0 Å². The molecular weight excluding hydrogens is 402 g/mol. The molecule has 0 radical (unpaired) electrons. The maximum Gasteiger partial charge on any atom is 0.311 e. The van der Waals surface area contributed by atoms with E-state index >= 15 is 0 Å². The predicted octanol–water partition coefficient (Wildman–Crippen LogP) is 3.87. The highest BCUT2D eigenvalue weighted by Gasteiger charge is 2.59. The van der Waals surface area contributed by atoms with Crippen LogP contribution >= 0.6 is 0 Å². The van der Waals surface area contributed by atoms with Crippen LogP contribution in [-0.4, -0.2) is 53.6 Å². The molecule has 4 aliphatic rings. The monoisotopic (exact) mass is 437 g/mol. The van der Waals surface area contributed by atoms with E-state index in [1.54, 1.807) is 0 Å². The maximum absolute atomic E-state index is 12.9. The van der Waals surface area contributed by atoms with Gasteiger partial charge in [0.1, 0.15) is 6.10 Å². The Kier molecular flexibility index (Phi) is 5.75. The van der Waals surface area contributed by atoms with Gasteiger partial charge in [-0.15, -0.1) is 0 Å². The number of nitrogens with zero attached hydrogens (tertiary/aromatic N) is 1.